The number of allylic oxidation sites excluding steroid dienone is 1. The molecule has 0 N–H and O–H groups in total. The number of benzene rings is 1. The predicted molar refractivity (Wildman–Crippen MR) is 108 cm³/mol. The van der Waals surface area contributed by atoms with Crippen molar-refractivity contribution >= 4 is 14.7 Å². The molecule has 2 rings (SSSR count). The summed E-state index contributed by atoms with van der Waals surface area (Å²) in [6, 6.07) is 6.75. The van der Waals surface area contributed by atoms with E-state index in [-0.39, 0.29) is 0 Å². The molecule has 0 saturated carbocycles. The normalized spacial score (nSPS) is 21.8. The molecule has 1 saturated heterocycles. The van der Waals surface area contributed by atoms with Gasteiger partial charge >= 0.3 is 6.18 Å². The van der Waals surface area contributed by atoms with Crippen LogP contribution in [0.15, 0.2) is 36.4 Å². The molecule has 152 valence electrons. The Morgan fingerprint density at radius 2 is 1.81 bits per heavy atom. The molecule has 0 aliphatic carbocycles. The van der Waals surface area contributed by atoms with Crippen molar-refractivity contribution in [3.05, 3.63) is 42.0 Å². The van der Waals surface area contributed by atoms with Crippen molar-refractivity contribution in [3.8, 4) is 0 Å². The third-order valence-electron chi connectivity index (χ3n) is 5.07. The summed E-state index contributed by atoms with van der Waals surface area (Å²) in [5.74, 6) is 0. The molecule has 0 spiro atoms. The largest absolute Gasteiger partial charge is 0.416 e. The monoisotopic (exact) mass is 399 g/mol. The average molecular weight is 400 g/mol. The highest BCUT2D eigenvalue weighted by Gasteiger charge is 2.32. The molecular weight excluding hydrogens is 367 g/mol. The lowest BCUT2D eigenvalue weighted by Gasteiger charge is -2.35. The Balaban J connectivity index is 1.63. The van der Waals surface area contributed by atoms with Crippen molar-refractivity contribution in [2.45, 2.75) is 64.0 Å². The van der Waals surface area contributed by atoms with Gasteiger partial charge in [0.15, 0.2) is 0 Å². The Labute approximate surface area is 163 Å². The molecule has 0 aromatic heterocycles. The number of ether oxygens (including phenoxy) is 1. The van der Waals surface area contributed by atoms with Crippen LogP contribution >= 0.6 is 0 Å². The van der Waals surface area contributed by atoms with Crippen LogP contribution in [0.3, 0.4) is 0 Å². The van der Waals surface area contributed by atoms with Crippen molar-refractivity contribution in [2.24, 2.45) is 0 Å². The number of rotatable bonds is 9. The highest BCUT2D eigenvalue weighted by Crippen LogP contribution is 2.27. The number of alkyl halides is 3. The first-order chi connectivity index (χ1) is 12.8. The van der Waals surface area contributed by atoms with E-state index in [2.05, 4.69) is 25.3 Å². The summed E-state index contributed by atoms with van der Waals surface area (Å²) >= 11 is 0. The van der Waals surface area contributed by atoms with Gasteiger partial charge < -0.3 is 4.74 Å². The van der Waals surface area contributed by atoms with Gasteiger partial charge in [0, 0.05) is 13.1 Å². The minimum Gasteiger partial charge on any atom is -0.373 e. The van der Waals surface area contributed by atoms with Crippen LogP contribution < -0.4 is 5.19 Å². The van der Waals surface area contributed by atoms with Crippen LogP contribution in [-0.2, 0) is 10.9 Å². The molecule has 1 aliphatic heterocycles. The summed E-state index contributed by atoms with van der Waals surface area (Å²) in [6.45, 7) is 11.4. The third-order valence-corrected chi connectivity index (χ3v) is 7.18. The summed E-state index contributed by atoms with van der Waals surface area (Å²) in [4.78, 5) is 2.47. The molecular formula is C21H32F3NOSi. The molecule has 27 heavy (non-hydrogen) atoms. The Morgan fingerprint density at radius 3 is 2.48 bits per heavy atom. The fourth-order valence-electron chi connectivity index (χ4n) is 3.81. The Morgan fingerprint density at radius 1 is 1.15 bits per heavy atom. The number of hydrogen-bond donors (Lipinski definition) is 0. The standard InChI is InChI=1S/C21H32F3NOSi/c1-16(15-27-20-11-7-6-10-19(20)21(22,23)24)9-5-4-8-12-25-13-17(2)26-18(3)14-25/h6-7,10-11,17-18H,1,4-5,8-9,12-15,27H2,2-3H3. The topological polar surface area (TPSA) is 12.5 Å². The molecule has 2 nitrogen and oxygen atoms in total. The van der Waals surface area contributed by atoms with Gasteiger partial charge in [0.1, 0.15) is 0 Å². The first kappa shape index (κ1) is 22.2. The molecule has 0 amide bonds. The fourth-order valence-corrected chi connectivity index (χ4v) is 5.57. The lowest BCUT2D eigenvalue weighted by molar-refractivity contribution is -0.136. The molecule has 1 fully saturated rings. The average Bonchev–Trinajstić information content (AvgIpc) is 2.58. The Hall–Kier alpha value is -1.11. The second-order valence-corrected chi connectivity index (χ2v) is 9.49. The number of hydrogen-bond acceptors (Lipinski definition) is 2. The van der Waals surface area contributed by atoms with Gasteiger partial charge in [0.2, 0.25) is 0 Å². The fraction of sp³-hybridized carbons (Fsp3) is 0.619. The summed E-state index contributed by atoms with van der Waals surface area (Å²) in [5, 5.41) is 0.502. The van der Waals surface area contributed by atoms with Crippen LogP contribution in [0.5, 0.6) is 0 Å². The number of unbranched alkanes of at least 4 members (excludes halogenated alkanes) is 2. The first-order valence-electron chi connectivity index (χ1n) is 9.95. The van der Waals surface area contributed by atoms with Crippen molar-refractivity contribution in [1.29, 1.82) is 0 Å². The van der Waals surface area contributed by atoms with Crippen molar-refractivity contribution in [3.63, 3.8) is 0 Å². The maximum Gasteiger partial charge on any atom is 0.416 e. The van der Waals surface area contributed by atoms with Gasteiger partial charge in [0.05, 0.1) is 27.3 Å². The van der Waals surface area contributed by atoms with Crippen molar-refractivity contribution in [2.75, 3.05) is 19.6 Å². The minimum atomic E-state index is -4.25. The van der Waals surface area contributed by atoms with Gasteiger partial charge in [-0.1, -0.05) is 41.4 Å². The Bertz CT molecular complexity index is 595. The lowest BCUT2D eigenvalue weighted by atomic mass is 10.1. The molecule has 2 unspecified atom stereocenters. The van der Waals surface area contributed by atoms with Gasteiger partial charge in [-0.05, 0) is 45.7 Å². The van der Waals surface area contributed by atoms with E-state index < -0.39 is 21.3 Å². The second-order valence-electron chi connectivity index (χ2n) is 7.73. The lowest BCUT2D eigenvalue weighted by Crippen LogP contribution is -2.45. The van der Waals surface area contributed by atoms with Gasteiger partial charge in [-0.25, -0.2) is 0 Å². The summed E-state index contributed by atoms with van der Waals surface area (Å²) in [6.07, 6.45) is 0.650. The molecule has 0 bridgehead atoms. The van der Waals surface area contributed by atoms with E-state index in [1.54, 1.807) is 12.1 Å². The van der Waals surface area contributed by atoms with Crippen molar-refractivity contribution in [1.82, 2.24) is 4.90 Å². The van der Waals surface area contributed by atoms with E-state index in [4.69, 9.17) is 4.74 Å². The number of morpholine rings is 1. The first-order valence-corrected chi connectivity index (χ1v) is 11.7. The van der Waals surface area contributed by atoms with Crippen LogP contribution in [0.2, 0.25) is 6.04 Å². The van der Waals surface area contributed by atoms with Crippen LogP contribution in [0, 0.1) is 0 Å². The van der Waals surface area contributed by atoms with Crippen LogP contribution in [0.1, 0.15) is 45.1 Å². The Kier molecular flexibility index (Phi) is 8.57. The van der Waals surface area contributed by atoms with Gasteiger partial charge in [-0.3, -0.25) is 4.90 Å². The molecule has 1 aliphatic rings. The maximum absolute atomic E-state index is 13.1. The third kappa shape index (κ3) is 7.80. The molecule has 1 heterocycles. The summed E-state index contributed by atoms with van der Waals surface area (Å²) in [5.41, 5.74) is 0.644. The maximum atomic E-state index is 13.1. The van der Waals surface area contributed by atoms with Crippen LogP contribution in [-0.4, -0.2) is 46.3 Å². The van der Waals surface area contributed by atoms with Crippen LogP contribution in [0.4, 0.5) is 13.2 Å². The second kappa shape index (κ2) is 10.4. The summed E-state index contributed by atoms with van der Waals surface area (Å²) < 4.78 is 44.9. The molecule has 2 atom stereocenters. The molecule has 6 heteroatoms. The molecule has 1 aromatic carbocycles. The highest BCUT2D eigenvalue weighted by atomic mass is 28.2. The zero-order valence-electron chi connectivity index (χ0n) is 16.5. The highest BCUT2D eigenvalue weighted by molar-refractivity contribution is 6.54. The molecule has 0 radical (unpaired) electrons. The zero-order valence-corrected chi connectivity index (χ0v) is 17.9. The van der Waals surface area contributed by atoms with E-state index in [0.717, 1.165) is 56.9 Å². The zero-order chi connectivity index (χ0) is 19.9. The van der Waals surface area contributed by atoms with Gasteiger partial charge in [0.25, 0.3) is 0 Å². The SMILES string of the molecule is C=C(CCCCCN1CC(C)OC(C)C1)C[SiH2]c1ccccc1C(F)(F)F. The quantitative estimate of drug-likeness (QED) is 0.351. The van der Waals surface area contributed by atoms with E-state index in [0.29, 0.717) is 17.4 Å². The van der Waals surface area contributed by atoms with Gasteiger partial charge in [-0.15, -0.1) is 6.58 Å². The predicted octanol–water partition coefficient (Wildman–Crippen LogP) is 4.14. The van der Waals surface area contributed by atoms with Crippen LogP contribution in [0.25, 0.3) is 0 Å². The van der Waals surface area contributed by atoms with E-state index in [1.807, 2.05) is 0 Å². The number of halogens is 3. The van der Waals surface area contributed by atoms with E-state index in [9.17, 15) is 13.2 Å². The summed E-state index contributed by atoms with van der Waals surface area (Å²) in [7, 11) is -0.977. The number of nitrogens with zero attached hydrogens (tertiary/aromatic N) is 1. The van der Waals surface area contributed by atoms with Gasteiger partial charge in [-0.2, -0.15) is 13.2 Å². The molecule has 1 aromatic rings. The van der Waals surface area contributed by atoms with E-state index in [1.165, 1.54) is 12.1 Å². The van der Waals surface area contributed by atoms with E-state index >= 15 is 0 Å². The minimum absolute atomic E-state index is 0.304. The van der Waals surface area contributed by atoms with Crippen molar-refractivity contribution < 1.29 is 17.9 Å². The smallest absolute Gasteiger partial charge is 0.373 e.